The van der Waals surface area contributed by atoms with Crippen molar-refractivity contribution in [3.63, 3.8) is 0 Å². The van der Waals surface area contributed by atoms with E-state index >= 15 is 0 Å². The lowest BCUT2D eigenvalue weighted by molar-refractivity contribution is 0.143. The number of hydrogen-bond donors (Lipinski definition) is 1. The smallest absolute Gasteiger partial charge is 0.407 e. The maximum Gasteiger partial charge on any atom is 0.407 e. The first-order valence-corrected chi connectivity index (χ1v) is 9.45. The summed E-state index contributed by atoms with van der Waals surface area (Å²) in [5.41, 5.74) is 5.48. The molecule has 0 bridgehead atoms. The fourth-order valence-electron chi connectivity index (χ4n) is 3.53. The van der Waals surface area contributed by atoms with Gasteiger partial charge < -0.3 is 10.1 Å². The van der Waals surface area contributed by atoms with Gasteiger partial charge in [0.05, 0.1) is 0 Å². The van der Waals surface area contributed by atoms with Crippen molar-refractivity contribution >= 4 is 12.2 Å². The molecule has 0 unspecified atom stereocenters. The molecule has 29 heavy (non-hydrogen) atoms. The van der Waals surface area contributed by atoms with E-state index in [9.17, 15) is 9.18 Å². The van der Waals surface area contributed by atoms with Crippen molar-refractivity contribution < 1.29 is 13.9 Å². The van der Waals surface area contributed by atoms with Crippen molar-refractivity contribution in [3.05, 3.63) is 89.8 Å². The zero-order valence-corrected chi connectivity index (χ0v) is 15.7. The van der Waals surface area contributed by atoms with E-state index in [1.807, 2.05) is 30.3 Å². The zero-order valence-electron chi connectivity index (χ0n) is 15.7. The molecule has 0 saturated carbocycles. The molecule has 0 spiro atoms. The summed E-state index contributed by atoms with van der Waals surface area (Å²) >= 11 is 0. The fourth-order valence-corrected chi connectivity index (χ4v) is 3.53. The molecule has 0 radical (unpaired) electrons. The number of amides is 1. The van der Waals surface area contributed by atoms with E-state index in [4.69, 9.17) is 4.74 Å². The Morgan fingerprint density at radius 2 is 1.66 bits per heavy atom. The molecule has 1 aliphatic carbocycles. The van der Waals surface area contributed by atoms with Crippen LogP contribution in [-0.2, 0) is 4.74 Å². The third-order valence-electron chi connectivity index (χ3n) is 4.87. The van der Waals surface area contributed by atoms with Crippen molar-refractivity contribution in [3.8, 4) is 11.1 Å². The number of hydrogen-bond acceptors (Lipinski definition) is 4. The summed E-state index contributed by atoms with van der Waals surface area (Å²) in [5, 5.41) is 2.75. The number of carbonyl (C=O) groups is 1. The van der Waals surface area contributed by atoms with Crippen LogP contribution in [0.3, 0.4) is 0 Å². The van der Waals surface area contributed by atoms with E-state index in [1.165, 1.54) is 34.6 Å². The Morgan fingerprint density at radius 3 is 2.31 bits per heavy atom. The third kappa shape index (κ3) is 4.32. The Labute approximate surface area is 168 Å². The summed E-state index contributed by atoms with van der Waals surface area (Å²) in [4.78, 5) is 19.0. The Bertz CT molecular complexity index is 989. The highest BCUT2D eigenvalue weighted by Gasteiger charge is 2.28. The molecule has 4 rings (SSSR count). The summed E-state index contributed by atoms with van der Waals surface area (Å²) < 4.78 is 18.1. The number of halogens is 1. The van der Waals surface area contributed by atoms with Crippen LogP contribution >= 0.6 is 0 Å². The molecule has 1 amide bonds. The van der Waals surface area contributed by atoms with Crippen LogP contribution in [0, 0.1) is 6.08 Å². The molecule has 1 aromatic heterocycles. The maximum absolute atomic E-state index is 12.7. The van der Waals surface area contributed by atoms with E-state index in [-0.39, 0.29) is 5.92 Å². The number of alkyl carbamates (subject to hydrolysis) is 1. The molecule has 5 nitrogen and oxygen atoms in total. The van der Waals surface area contributed by atoms with Gasteiger partial charge in [-0.2, -0.15) is 4.39 Å². The SMILES string of the molecule is O=C(NCCC=Cc1cnc(F)nc1)OCC1c2ccccc2-c2ccccc21. The minimum absolute atomic E-state index is 0.0477. The van der Waals surface area contributed by atoms with E-state index in [0.29, 0.717) is 25.1 Å². The largest absolute Gasteiger partial charge is 0.449 e. The lowest BCUT2D eigenvalue weighted by atomic mass is 9.98. The predicted octanol–water partition coefficient (Wildman–Crippen LogP) is 4.56. The number of ether oxygens (including phenoxy) is 1. The Kier molecular flexibility index (Phi) is 5.61. The Morgan fingerprint density at radius 1 is 1.03 bits per heavy atom. The quantitative estimate of drug-likeness (QED) is 0.496. The van der Waals surface area contributed by atoms with Crippen LogP contribution in [0.1, 0.15) is 29.0 Å². The van der Waals surface area contributed by atoms with Gasteiger partial charge in [-0.3, -0.25) is 0 Å². The zero-order chi connectivity index (χ0) is 20.1. The van der Waals surface area contributed by atoms with Crippen molar-refractivity contribution in [2.75, 3.05) is 13.2 Å². The maximum atomic E-state index is 12.7. The highest BCUT2D eigenvalue weighted by atomic mass is 19.1. The second kappa shape index (κ2) is 8.65. The Balaban J connectivity index is 1.27. The second-order valence-electron chi connectivity index (χ2n) is 6.73. The van der Waals surface area contributed by atoms with Crippen LogP contribution < -0.4 is 5.32 Å². The molecule has 0 fully saturated rings. The third-order valence-corrected chi connectivity index (χ3v) is 4.87. The number of carbonyl (C=O) groups excluding carboxylic acids is 1. The van der Waals surface area contributed by atoms with E-state index in [2.05, 4.69) is 39.6 Å². The van der Waals surface area contributed by atoms with E-state index in [1.54, 1.807) is 6.08 Å². The molecular weight excluding hydrogens is 369 g/mol. The number of nitrogens with zero attached hydrogens (tertiary/aromatic N) is 2. The van der Waals surface area contributed by atoms with Crippen molar-refractivity contribution in [1.82, 2.24) is 15.3 Å². The lowest BCUT2D eigenvalue weighted by Gasteiger charge is -2.14. The van der Waals surface area contributed by atoms with Crippen molar-refractivity contribution in [1.29, 1.82) is 0 Å². The van der Waals surface area contributed by atoms with Gasteiger partial charge in [0.15, 0.2) is 0 Å². The molecule has 0 atom stereocenters. The van der Waals surface area contributed by atoms with E-state index < -0.39 is 12.2 Å². The van der Waals surface area contributed by atoms with Crippen LogP contribution in [0.2, 0.25) is 0 Å². The highest BCUT2D eigenvalue weighted by Crippen LogP contribution is 2.44. The lowest BCUT2D eigenvalue weighted by Crippen LogP contribution is -2.26. The number of nitrogens with one attached hydrogen (secondary N) is 1. The number of fused-ring (bicyclic) bond motifs is 3. The van der Waals surface area contributed by atoms with Crippen LogP contribution in [0.5, 0.6) is 0 Å². The van der Waals surface area contributed by atoms with Crippen LogP contribution in [0.4, 0.5) is 9.18 Å². The average molecular weight is 389 g/mol. The topological polar surface area (TPSA) is 64.1 Å². The normalized spacial score (nSPS) is 12.6. The van der Waals surface area contributed by atoms with Gasteiger partial charge in [-0.1, -0.05) is 60.7 Å². The van der Waals surface area contributed by atoms with Gasteiger partial charge in [0.1, 0.15) is 6.61 Å². The second-order valence-corrected chi connectivity index (χ2v) is 6.73. The van der Waals surface area contributed by atoms with E-state index in [0.717, 1.165) is 0 Å². The van der Waals surface area contributed by atoms with Crippen LogP contribution in [0.15, 0.2) is 67.0 Å². The van der Waals surface area contributed by atoms with Gasteiger partial charge in [0.25, 0.3) is 0 Å². The van der Waals surface area contributed by atoms with Gasteiger partial charge in [-0.25, -0.2) is 14.8 Å². The summed E-state index contributed by atoms with van der Waals surface area (Å²) in [6, 6.07) is 16.5. The molecule has 146 valence electrons. The minimum atomic E-state index is -0.751. The molecule has 1 aliphatic rings. The van der Waals surface area contributed by atoms with Crippen LogP contribution in [-0.4, -0.2) is 29.2 Å². The highest BCUT2D eigenvalue weighted by molar-refractivity contribution is 5.79. The molecular formula is C23H20FN3O2. The molecule has 6 heteroatoms. The van der Waals surface area contributed by atoms with Crippen molar-refractivity contribution in [2.24, 2.45) is 0 Å². The number of rotatable bonds is 6. The first kappa shape index (κ1) is 18.8. The number of benzene rings is 2. The monoisotopic (exact) mass is 389 g/mol. The van der Waals surface area contributed by atoms with Gasteiger partial charge in [0, 0.05) is 30.4 Å². The van der Waals surface area contributed by atoms with Crippen LogP contribution in [0.25, 0.3) is 17.2 Å². The molecule has 0 aliphatic heterocycles. The molecule has 3 aromatic rings. The molecule has 0 saturated heterocycles. The Hall–Kier alpha value is -3.54. The summed E-state index contributed by atoms with van der Waals surface area (Å²) in [7, 11) is 0. The van der Waals surface area contributed by atoms with Crippen molar-refractivity contribution in [2.45, 2.75) is 12.3 Å². The summed E-state index contributed by atoms with van der Waals surface area (Å²) in [6.07, 6.45) is 5.86. The fraction of sp³-hybridized carbons (Fsp3) is 0.174. The first-order valence-electron chi connectivity index (χ1n) is 9.45. The summed E-state index contributed by atoms with van der Waals surface area (Å²) in [6.45, 7) is 0.734. The van der Waals surface area contributed by atoms with Gasteiger partial charge >= 0.3 is 12.2 Å². The standard InChI is InChI=1S/C23H20FN3O2/c24-22-26-13-16(14-27-22)7-5-6-12-25-23(28)29-15-21-19-10-3-1-8-17(19)18-9-2-4-11-20(18)21/h1-5,7-11,13-14,21H,6,12,15H2,(H,25,28). The summed E-state index contributed by atoms with van der Waals surface area (Å²) in [5.74, 6) is 0.0477. The number of aromatic nitrogens is 2. The van der Waals surface area contributed by atoms with Gasteiger partial charge in [-0.05, 0) is 28.7 Å². The molecule has 1 N–H and O–H groups in total. The van der Waals surface area contributed by atoms with Gasteiger partial charge in [0.2, 0.25) is 0 Å². The molecule has 1 heterocycles. The van der Waals surface area contributed by atoms with Gasteiger partial charge in [-0.15, -0.1) is 0 Å². The first-order chi connectivity index (χ1) is 14.2. The molecule has 2 aromatic carbocycles. The minimum Gasteiger partial charge on any atom is -0.449 e. The average Bonchev–Trinajstić information content (AvgIpc) is 3.07. The predicted molar refractivity (Wildman–Crippen MR) is 109 cm³/mol.